The number of rotatable bonds is 3. The van der Waals surface area contributed by atoms with Gasteiger partial charge in [0.15, 0.2) is 0 Å². The smallest absolute Gasteiger partial charge is 0.266 e. The van der Waals surface area contributed by atoms with Crippen molar-refractivity contribution in [1.82, 2.24) is 9.88 Å². The molecule has 1 unspecified atom stereocenters. The predicted octanol–water partition coefficient (Wildman–Crippen LogP) is 3.88. The number of carbonyl (C=O) groups is 1. The van der Waals surface area contributed by atoms with Gasteiger partial charge in [-0.2, -0.15) is 0 Å². The molecule has 1 amide bonds. The van der Waals surface area contributed by atoms with Gasteiger partial charge in [0.2, 0.25) is 0 Å². The number of nitrogens with zero attached hydrogens (tertiary/aromatic N) is 2. The summed E-state index contributed by atoms with van der Waals surface area (Å²) in [4.78, 5) is 19.9. The molecule has 0 bridgehead atoms. The summed E-state index contributed by atoms with van der Waals surface area (Å²) in [5, 5.41) is 1.71. The molecule has 1 aliphatic rings. The first-order valence-corrected chi connectivity index (χ1v) is 8.90. The summed E-state index contributed by atoms with van der Waals surface area (Å²) in [5.74, 6) is 0.0574. The van der Waals surface area contributed by atoms with Gasteiger partial charge in [-0.05, 0) is 31.0 Å². The Hall–Kier alpha value is -1.43. The molecule has 0 aliphatic carbocycles. The largest absolute Gasteiger partial charge is 0.370 e. The number of ether oxygens (including phenoxy) is 1. The highest BCUT2D eigenvalue weighted by atomic mass is 35.5. The fourth-order valence-electron chi connectivity index (χ4n) is 2.66. The number of carbonyl (C=O) groups excluding carboxylic acids is 1. The van der Waals surface area contributed by atoms with E-state index in [4.69, 9.17) is 16.3 Å². The van der Waals surface area contributed by atoms with Crippen LogP contribution >= 0.6 is 22.9 Å². The highest BCUT2D eigenvalue weighted by Gasteiger charge is 2.28. The summed E-state index contributed by atoms with van der Waals surface area (Å²) >= 11 is 7.43. The quantitative estimate of drug-likeness (QED) is 0.843. The minimum atomic E-state index is -0.108. The maximum absolute atomic E-state index is 12.8. The van der Waals surface area contributed by atoms with Crippen LogP contribution in [0.4, 0.5) is 0 Å². The number of amides is 1. The van der Waals surface area contributed by atoms with Crippen LogP contribution in [-0.2, 0) is 11.2 Å². The molecule has 23 heavy (non-hydrogen) atoms. The summed E-state index contributed by atoms with van der Waals surface area (Å²) in [6.45, 7) is 5.66. The number of hydrogen-bond acceptors (Lipinski definition) is 4. The van der Waals surface area contributed by atoms with E-state index in [0.717, 1.165) is 27.6 Å². The summed E-state index contributed by atoms with van der Waals surface area (Å²) < 4.78 is 5.83. The number of hydrogen-bond donors (Lipinski definition) is 0. The van der Waals surface area contributed by atoms with Gasteiger partial charge < -0.3 is 9.64 Å². The van der Waals surface area contributed by atoms with Gasteiger partial charge in [-0.3, -0.25) is 4.79 Å². The Morgan fingerprint density at radius 2 is 2.17 bits per heavy atom. The number of benzene rings is 1. The minimum absolute atomic E-state index is 0.0574. The van der Waals surface area contributed by atoms with Crippen LogP contribution in [-0.4, -0.2) is 35.5 Å². The summed E-state index contributed by atoms with van der Waals surface area (Å²) in [7, 11) is 0. The second kappa shape index (κ2) is 6.99. The fraction of sp³-hybridized carbons (Fsp3) is 0.412. The average Bonchev–Trinajstić information content (AvgIpc) is 2.96. The lowest BCUT2D eigenvalue weighted by molar-refractivity contribution is -0.0226. The predicted molar refractivity (Wildman–Crippen MR) is 92.3 cm³/mol. The standard InChI is InChI=1S/C17H19ClN2O2S/c1-3-15-19-11(2)16(23-15)17(21)20-8-9-22-14(10-20)12-4-6-13(18)7-5-12/h4-7,14H,3,8-10H2,1-2H3. The van der Waals surface area contributed by atoms with E-state index in [1.54, 1.807) is 0 Å². The molecule has 0 spiro atoms. The molecule has 1 saturated heterocycles. The first kappa shape index (κ1) is 16.4. The summed E-state index contributed by atoms with van der Waals surface area (Å²) in [6.07, 6.45) is 0.749. The van der Waals surface area contributed by atoms with Crippen molar-refractivity contribution in [1.29, 1.82) is 0 Å². The molecule has 122 valence electrons. The maximum Gasteiger partial charge on any atom is 0.266 e. The minimum Gasteiger partial charge on any atom is -0.370 e. The van der Waals surface area contributed by atoms with Gasteiger partial charge in [-0.15, -0.1) is 11.3 Å². The molecule has 0 saturated carbocycles. The molecule has 1 aromatic carbocycles. The van der Waals surface area contributed by atoms with Gasteiger partial charge in [0, 0.05) is 11.6 Å². The second-order valence-corrected chi connectivity index (χ2v) is 7.06. The lowest BCUT2D eigenvalue weighted by Crippen LogP contribution is -2.42. The van der Waals surface area contributed by atoms with Gasteiger partial charge in [0.1, 0.15) is 11.0 Å². The number of halogens is 1. The number of aromatic nitrogens is 1. The lowest BCUT2D eigenvalue weighted by Gasteiger charge is -2.33. The highest BCUT2D eigenvalue weighted by Crippen LogP contribution is 2.26. The normalized spacial score (nSPS) is 18.2. The molecule has 0 N–H and O–H groups in total. The van der Waals surface area contributed by atoms with E-state index in [1.165, 1.54) is 11.3 Å². The Kier molecular flexibility index (Phi) is 4.99. The molecule has 1 aliphatic heterocycles. The van der Waals surface area contributed by atoms with Crippen molar-refractivity contribution in [2.24, 2.45) is 0 Å². The van der Waals surface area contributed by atoms with E-state index in [-0.39, 0.29) is 12.0 Å². The van der Waals surface area contributed by atoms with Crippen molar-refractivity contribution in [3.63, 3.8) is 0 Å². The van der Waals surface area contributed by atoms with Crippen LogP contribution in [0.2, 0.25) is 5.02 Å². The molecule has 1 aromatic heterocycles. The third kappa shape index (κ3) is 3.57. The van der Waals surface area contributed by atoms with Crippen molar-refractivity contribution < 1.29 is 9.53 Å². The molecule has 2 aromatic rings. The Labute approximate surface area is 145 Å². The Morgan fingerprint density at radius 1 is 1.43 bits per heavy atom. The highest BCUT2D eigenvalue weighted by molar-refractivity contribution is 7.13. The number of aryl methyl sites for hydroxylation is 2. The molecule has 0 radical (unpaired) electrons. The zero-order valence-electron chi connectivity index (χ0n) is 13.2. The Morgan fingerprint density at radius 3 is 2.83 bits per heavy atom. The van der Waals surface area contributed by atoms with Crippen LogP contribution in [0.3, 0.4) is 0 Å². The summed E-state index contributed by atoms with van der Waals surface area (Å²) in [5.41, 5.74) is 1.87. The van der Waals surface area contributed by atoms with Crippen LogP contribution in [0.5, 0.6) is 0 Å². The topological polar surface area (TPSA) is 42.4 Å². The molecule has 3 rings (SSSR count). The van der Waals surface area contributed by atoms with E-state index >= 15 is 0 Å². The maximum atomic E-state index is 12.8. The van der Waals surface area contributed by atoms with Gasteiger partial charge in [-0.1, -0.05) is 30.7 Å². The van der Waals surface area contributed by atoms with E-state index in [2.05, 4.69) is 11.9 Å². The molecular weight excluding hydrogens is 332 g/mol. The number of morpholine rings is 1. The molecule has 1 fully saturated rings. The first-order valence-electron chi connectivity index (χ1n) is 7.71. The van der Waals surface area contributed by atoms with Crippen molar-refractivity contribution >= 4 is 28.8 Å². The average molecular weight is 351 g/mol. The Bertz CT molecular complexity index is 699. The number of thiazole rings is 1. The SMILES string of the molecule is CCc1nc(C)c(C(=O)N2CCOC(c3ccc(Cl)cc3)C2)s1. The zero-order valence-corrected chi connectivity index (χ0v) is 14.8. The van der Waals surface area contributed by atoms with E-state index < -0.39 is 0 Å². The van der Waals surface area contributed by atoms with E-state index in [0.29, 0.717) is 24.7 Å². The Balaban J connectivity index is 1.76. The monoisotopic (exact) mass is 350 g/mol. The lowest BCUT2D eigenvalue weighted by atomic mass is 10.1. The second-order valence-electron chi connectivity index (χ2n) is 5.54. The van der Waals surface area contributed by atoms with Crippen molar-refractivity contribution in [2.45, 2.75) is 26.4 Å². The van der Waals surface area contributed by atoms with Crippen molar-refractivity contribution in [2.75, 3.05) is 19.7 Å². The molecule has 6 heteroatoms. The van der Waals surface area contributed by atoms with Gasteiger partial charge in [0.25, 0.3) is 5.91 Å². The third-order valence-electron chi connectivity index (χ3n) is 3.93. The first-order chi connectivity index (χ1) is 11.1. The van der Waals surface area contributed by atoms with Crippen LogP contribution < -0.4 is 0 Å². The molecule has 2 heterocycles. The van der Waals surface area contributed by atoms with E-state index in [1.807, 2.05) is 36.1 Å². The van der Waals surface area contributed by atoms with Crippen LogP contribution in [0.1, 0.15) is 39.0 Å². The fourth-order valence-corrected chi connectivity index (χ4v) is 3.76. The molecule has 4 nitrogen and oxygen atoms in total. The van der Waals surface area contributed by atoms with Gasteiger partial charge in [0.05, 0.1) is 23.9 Å². The van der Waals surface area contributed by atoms with Crippen molar-refractivity contribution in [3.05, 3.63) is 50.4 Å². The van der Waals surface area contributed by atoms with Crippen LogP contribution in [0.25, 0.3) is 0 Å². The summed E-state index contributed by atoms with van der Waals surface area (Å²) in [6, 6.07) is 7.60. The van der Waals surface area contributed by atoms with Crippen LogP contribution in [0, 0.1) is 6.92 Å². The zero-order chi connectivity index (χ0) is 16.4. The van der Waals surface area contributed by atoms with Crippen molar-refractivity contribution in [3.8, 4) is 0 Å². The molecule has 1 atom stereocenters. The van der Waals surface area contributed by atoms with Gasteiger partial charge >= 0.3 is 0 Å². The van der Waals surface area contributed by atoms with E-state index in [9.17, 15) is 4.79 Å². The van der Waals surface area contributed by atoms with Crippen LogP contribution in [0.15, 0.2) is 24.3 Å². The van der Waals surface area contributed by atoms with Gasteiger partial charge in [-0.25, -0.2) is 4.98 Å². The molecular formula is C17H19ClN2O2S. The third-order valence-corrected chi connectivity index (χ3v) is 5.47.